The monoisotopic (exact) mass is 309 g/mol. The summed E-state index contributed by atoms with van der Waals surface area (Å²) in [7, 11) is 0. The molecule has 1 aromatic carbocycles. The summed E-state index contributed by atoms with van der Waals surface area (Å²) in [5, 5.41) is 3.28. The SMILES string of the molecule is CCNCc1ccoc1COc1cccc(Br)c1. The Morgan fingerprint density at radius 3 is 3.00 bits per heavy atom. The van der Waals surface area contributed by atoms with E-state index in [0.717, 1.165) is 34.6 Å². The first-order valence-corrected chi connectivity index (χ1v) is 6.73. The second-order valence-electron chi connectivity index (χ2n) is 3.90. The summed E-state index contributed by atoms with van der Waals surface area (Å²) in [5.74, 6) is 1.70. The van der Waals surface area contributed by atoms with Gasteiger partial charge in [-0.1, -0.05) is 28.9 Å². The molecule has 1 heterocycles. The molecule has 4 heteroatoms. The minimum Gasteiger partial charge on any atom is -0.486 e. The fourth-order valence-corrected chi connectivity index (χ4v) is 1.99. The smallest absolute Gasteiger partial charge is 0.146 e. The van der Waals surface area contributed by atoms with Crippen molar-refractivity contribution in [3.8, 4) is 5.75 Å². The number of ether oxygens (including phenoxy) is 1. The van der Waals surface area contributed by atoms with Crippen molar-refractivity contribution in [1.29, 1.82) is 0 Å². The van der Waals surface area contributed by atoms with Crippen LogP contribution in [0.25, 0.3) is 0 Å². The van der Waals surface area contributed by atoms with Crippen molar-refractivity contribution in [3.63, 3.8) is 0 Å². The molecule has 1 aromatic heterocycles. The third kappa shape index (κ3) is 3.62. The number of hydrogen-bond acceptors (Lipinski definition) is 3. The van der Waals surface area contributed by atoms with E-state index in [0.29, 0.717) is 6.61 Å². The fraction of sp³-hybridized carbons (Fsp3) is 0.286. The number of nitrogens with one attached hydrogen (secondary N) is 1. The average molecular weight is 310 g/mol. The van der Waals surface area contributed by atoms with Gasteiger partial charge in [-0.3, -0.25) is 0 Å². The molecular formula is C14H16BrNO2. The number of halogens is 1. The summed E-state index contributed by atoms with van der Waals surface area (Å²) in [6.45, 7) is 4.28. The largest absolute Gasteiger partial charge is 0.486 e. The van der Waals surface area contributed by atoms with Crippen molar-refractivity contribution in [3.05, 3.63) is 52.4 Å². The molecule has 0 bridgehead atoms. The zero-order valence-corrected chi connectivity index (χ0v) is 11.9. The normalized spacial score (nSPS) is 10.6. The van der Waals surface area contributed by atoms with E-state index >= 15 is 0 Å². The Hall–Kier alpha value is -1.26. The van der Waals surface area contributed by atoms with Gasteiger partial charge in [0.05, 0.1) is 6.26 Å². The molecule has 18 heavy (non-hydrogen) atoms. The maximum Gasteiger partial charge on any atom is 0.146 e. The van der Waals surface area contributed by atoms with Crippen molar-refractivity contribution in [2.75, 3.05) is 6.54 Å². The minimum atomic E-state index is 0.449. The lowest BCUT2D eigenvalue weighted by molar-refractivity contribution is 0.268. The first kappa shape index (κ1) is 13.2. The van der Waals surface area contributed by atoms with Gasteiger partial charge in [-0.05, 0) is 30.8 Å². The van der Waals surface area contributed by atoms with Gasteiger partial charge in [-0.25, -0.2) is 0 Å². The van der Waals surface area contributed by atoms with E-state index < -0.39 is 0 Å². The van der Waals surface area contributed by atoms with Crippen molar-refractivity contribution in [2.24, 2.45) is 0 Å². The molecule has 0 saturated carbocycles. The molecule has 0 radical (unpaired) electrons. The average Bonchev–Trinajstić information content (AvgIpc) is 2.81. The molecule has 2 rings (SSSR count). The molecule has 0 aliphatic heterocycles. The highest BCUT2D eigenvalue weighted by molar-refractivity contribution is 9.10. The molecule has 0 spiro atoms. The molecule has 0 amide bonds. The summed E-state index contributed by atoms with van der Waals surface area (Å²) in [6.07, 6.45) is 1.70. The highest BCUT2D eigenvalue weighted by Crippen LogP contribution is 2.20. The Morgan fingerprint density at radius 2 is 2.22 bits per heavy atom. The molecule has 0 unspecified atom stereocenters. The van der Waals surface area contributed by atoms with Gasteiger partial charge < -0.3 is 14.5 Å². The van der Waals surface area contributed by atoms with E-state index in [4.69, 9.17) is 9.15 Å². The van der Waals surface area contributed by atoms with Crippen LogP contribution in [0.15, 0.2) is 45.5 Å². The first-order valence-electron chi connectivity index (χ1n) is 5.94. The number of benzene rings is 1. The van der Waals surface area contributed by atoms with Gasteiger partial charge in [-0.2, -0.15) is 0 Å². The Kier molecular flexibility index (Phi) is 4.84. The number of hydrogen-bond donors (Lipinski definition) is 1. The van der Waals surface area contributed by atoms with Crippen LogP contribution in [-0.2, 0) is 13.2 Å². The maximum absolute atomic E-state index is 5.70. The highest BCUT2D eigenvalue weighted by Gasteiger charge is 2.06. The fourth-order valence-electron chi connectivity index (χ4n) is 1.62. The molecule has 3 nitrogen and oxygen atoms in total. The van der Waals surface area contributed by atoms with Crippen molar-refractivity contribution < 1.29 is 9.15 Å². The zero-order chi connectivity index (χ0) is 12.8. The van der Waals surface area contributed by atoms with Crippen molar-refractivity contribution in [1.82, 2.24) is 5.32 Å². The lowest BCUT2D eigenvalue weighted by Gasteiger charge is -2.06. The summed E-state index contributed by atoms with van der Waals surface area (Å²) >= 11 is 3.42. The minimum absolute atomic E-state index is 0.449. The van der Waals surface area contributed by atoms with Crippen molar-refractivity contribution >= 4 is 15.9 Å². The molecule has 0 fully saturated rings. The van der Waals surface area contributed by atoms with Crippen LogP contribution in [0.1, 0.15) is 18.2 Å². The molecule has 1 N–H and O–H groups in total. The van der Waals surface area contributed by atoms with E-state index in [1.54, 1.807) is 6.26 Å². The van der Waals surface area contributed by atoms with E-state index in [9.17, 15) is 0 Å². The predicted octanol–water partition coefficient (Wildman–Crippen LogP) is 3.73. The van der Waals surface area contributed by atoms with Crippen LogP contribution in [0, 0.1) is 0 Å². The predicted molar refractivity (Wildman–Crippen MR) is 74.6 cm³/mol. The van der Waals surface area contributed by atoms with Crippen LogP contribution in [0.5, 0.6) is 5.75 Å². The van der Waals surface area contributed by atoms with Crippen LogP contribution in [0.4, 0.5) is 0 Å². The third-order valence-corrected chi connectivity index (χ3v) is 3.06. The van der Waals surface area contributed by atoms with Gasteiger partial charge in [-0.15, -0.1) is 0 Å². The van der Waals surface area contributed by atoms with Gasteiger partial charge in [0.15, 0.2) is 0 Å². The summed E-state index contributed by atoms with van der Waals surface area (Å²) in [5.41, 5.74) is 1.15. The lowest BCUT2D eigenvalue weighted by Crippen LogP contribution is -2.12. The molecule has 0 aliphatic rings. The molecular weight excluding hydrogens is 294 g/mol. The van der Waals surface area contributed by atoms with Crippen LogP contribution < -0.4 is 10.1 Å². The van der Waals surface area contributed by atoms with Gasteiger partial charge in [0.25, 0.3) is 0 Å². The van der Waals surface area contributed by atoms with Crippen molar-refractivity contribution in [2.45, 2.75) is 20.1 Å². The quantitative estimate of drug-likeness (QED) is 0.883. The van der Waals surface area contributed by atoms with Crippen LogP contribution in [0.2, 0.25) is 0 Å². The number of furan rings is 1. The first-order chi connectivity index (χ1) is 8.79. The Balaban J connectivity index is 1.95. The second-order valence-corrected chi connectivity index (χ2v) is 4.81. The van der Waals surface area contributed by atoms with Crippen LogP contribution >= 0.6 is 15.9 Å². The number of rotatable bonds is 6. The summed E-state index contributed by atoms with van der Waals surface area (Å²) in [4.78, 5) is 0. The topological polar surface area (TPSA) is 34.4 Å². The molecule has 0 atom stereocenters. The van der Waals surface area contributed by atoms with E-state index in [2.05, 4.69) is 28.2 Å². The van der Waals surface area contributed by atoms with Crippen LogP contribution in [-0.4, -0.2) is 6.54 Å². The van der Waals surface area contributed by atoms with Gasteiger partial charge in [0.1, 0.15) is 18.1 Å². The zero-order valence-electron chi connectivity index (χ0n) is 10.3. The third-order valence-electron chi connectivity index (χ3n) is 2.57. The summed E-state index contributed by atoms with van der Waals surface area (Å²) < 4.78 is 12.1. The van der Waals surface area contributed by atoms with Gasteiger partial charge in [0.2, 0.25) is 0 Å². The molecule has 0 saturated heterocycles. The van der Waals surface area contributed by atoms with Crippen LogP contribution in [0.3, 0.4) is 0 Å². The van der Waals surface area contributed by atoms with Gasteiger partial charge >= 0.3 is 0 Å². The lowest BCUT2D eigenvalue weighted by atomic mass is 10.2. The Morgan fingerprint density at radius 1 is 1.33 bits per heavy atom. The summed E-state index contributed by atoms with van der Waals surface area (Å²) in [6, 6.07) is 9.75. The molecule has 0 aliphatic carbocycles. The van der Waals surface area contributed by atoms with E-state index in [-0.39, 0.29) is 0 Å². The van der Waals surface area contributed by atoms with E-state index in [1.807, 2.05) is 30.3 Å². The maximum atomic E-state index is 5.70. The Labute approximate surface area is 115 Å². The Bertz CT molecular complexity index is 496. The standard InChI is InChI=1S/C14H16BrNO2/c1-2-16-9-11-6-7-17-14(11)10-18-13-5-3-4-12(15)8-13/h3-8,16H,2,9-10H2,1H3. The molecule has 96 valence electrons. The van der Waals surface area contributed by atoms with Gasteiger partial charge in [0, 0.05) is 16.6 Å². The molecule has 2 aromatic rings. The highest BCUT2D eigenvalue weighted by atomic mass is 79.9. The van der Waals surface area contributed by atoms with E-state index in [1.165, 1.54) is 0 Å². The second kappa shape index (κ2) is 6.61.